The van der Waals surface area contributed by atoms with Gasteiger partial charge in [0.25, 0.3) is 0 Å². The molecule has 0 spiro atoms. The quantitative estimate of drug-likeness (QED) is 0.856. The molecule has 4 nitrogen and oxygen atoms in total. The van der Waals surface area contributed by atoms with Gasteiger partial charge in [0.1, 0.15) is 12.2 Å². The summed E-state index contributed by atoms with van der Waals surface area (Å²) in [6.07, 6.45) is 1.83. The largest absolute Gasteiger partial charge is 0.313 e. The van der Waals surface area contributed by atoms with Gasteiger partial charge in [0.15, 0.2) is 17.5 Å². The van der Waals surface area contributed by atoms with Crippen LogP contribution in [0.5, 0.6) is 0 Å². The van der Waals surface area contributed by atoms with Crippen molar-refractivity contribution in [1.82, 2.24) is 20.1 Å². The topological polar surface area (TPSA) is 42.7 Å². The van der Waals surface area contributed by atoms with Gasteiger partial charge in [-0.3, -0.25) is 4.68 Å². The molecule has 0 saturated heterocycles. The van der Waals surface area contributed by atoms with Crippen molar-refractivity contribution >= 4 is 0 Å². The van der Waals surface area contributed by atoms with E-state index >= 15 is 0 Å². The Morgan fingerprint density at radius 3 is 2.45 bits per heavy atom. The van der Waals surface area contributed by atoms with Crippen LogP contribution in [0.25, 0.3) is 0 Å². The molecule has 2 aromatic rings. The van der Waals surface area contributed by atoms with E-state index < -0.39 is 17.5 Å². The molecule has 2 rings (SSSR count). The Morgan fingerprint density at radius 1 is 1.25 bits per heavy atom. The van der Waals surface area contributed by atoms with Crippen molar-refractivity contribution in [1.29, 1.82) is 0 Å². The first kappa shape index (κ1) is 14.5. The van der Waals surface area contributed by atoms with Gasteiger partial charge >= 0.3 is 0 Å². The average molecular weight is 284 g/mol. The standard InChI is InChI=1S/C13H15F3N4/c1-3-20-12(18-7-19-20)6-11(17-2)8-4-9(14)13(16)10(15)5-8/h4-5,7,11,17H,3,6H2,1-2H3. The van der Waals surface area contributed by atoms with Crippen molar-refractivity contribution in [2.75, 3.05) is 7.05 Å². The Balaban J connectivity index is 2.29. The Labute approximate surface area is 114 Å². The van der Waals surface area contributed by atoms with Gasteiger partial charge in [-0.25, -0.2) is 18.2 Å². The third-order valence-corrected chi connectivity index (χ3v) is 3.14. The highest BCUT2D eigenvalue weighted by molar-refractivity contribution is 5.23. The first-order valence-electron chi connectivity index (χ1n) is 6.25. The SMILES string of the molecule is CCn1ncnc1CC(NC)c1cc(F)c(F)c(F)c1. The van der Waals surface area contributed by atoms with Crippen LogP contribution in [0.3, 0.4) is 0 Å². The smallest absolute Gasteiger partial charge is 0.194 e. The Kier molecular flexibility index (Phi) is 4.39. The van der Waals surface area contributed by atoms with Crippen LogP contribution in [-0.4, -0.2) is 21.8 Å². The van der Waals surface area contributed by atoms with Crippen LogP contribution in [0.2, 0.25) is 0 Å². The van der Waals surface area contributed by atoms with Gasteiger partial charge in [-0.1, -0.05) is 0 Å². The third-order valence-electron chi connectivity index (χ3n) is 3.14. The van der Waals surface area contributed by atoms with Crippen molar-refractivity contribution in [3.63, 3.8) is 0 Å². The van der Waals surface area contributed by atoms with Crippen molar-refractivity contribution in [3.05, 3.63) is 47.3 Å². The second kappa shape index (κ2) is 6.04. The highest BCUT2D eigenvalue weighted by Gasteiger charge is 2.18. The molecule has 0 saturated carbocycles. The second-order valence-corrected chi connectivity index (χ2v) is 4.34. The minimum absolute atomic E-state index is 0.328. The molecule has 1 heterocycles. The van der Waals surface area contributed by atoms with Crippen LogP contribution >= 0.6 is 0 Å². The lowest BCUT2D eigenvalue weighted by atomic mass is 10.0. The normalized spacial score (nSPS) is 12.7. The number of benzene rings is 1. The average Bonchev–Trinajstić information content (AvgIpc) is 2.88. The molecule has 0 amide bonds. The molecule has 0 aliphatic heterocycles. The van der Waals surface area contributed by atoms with E-state index in [0.29, 0.717) is 24.4 Å². The Hall–Kier alpha value is -1.89. The van der Waals surface area contributed by atoms with E-state index in [1.54, 1.807) is 11.7 Å². The second-order valence-electron chi connectivity index (χ2n) is 4.34. The summed E-state index contributed by atoms with van der Waals surface area (Å²) in [6, 6.07) is 1.60. The predicted molar refractivity (Wildman–Crippen MR) is 67.5 cm³/mol. The van der Waals surface area contributed by atoms with E-state index in [4.69, 9.17) is 0 Å². The summed E-state index contributed by atoms with van der Waals surface area (Å²) in [5, 5.41) is 6.98. The Morgan fingerprint density at radius 2 is 1.90 bits per heavy atom. The van der Waals surface area contributed by atoms with Crippen LogP contribution in [0, 0.1) is 17.5 Å². The van der Waals surface area contributed by atoms with Crippen molar-refractivity contribution in [3.8, 4) is 0 Å². The summed E-state index contributed by atoms with van der Waals surface area (Å²) >= 11 is 0. The van der Waals surface area contributed by atoms with E-state index in [1.807, 2.05) is 6.92 Å². The number of nitrogens with zero attached hydrogens (tertiary/aromatic N) is 3. The number of rotatable bonds is 5. The highest BCUT2D eigenvalue weighted by atomic mass is 19.2. The molecule has 0 bridgehead atoms. The maximum absolute atomic E-state index is 13.3. The van der Waals surface area contributed by atoms with Crippen LogP contribution in [0.4, 0.5) is 13.2 Å². The van der Waals surface area contributed by atoms with Gasteiger partial charge in [0, 0.05) is 19.0 Å². The molecule has 1 aromatic heterocycles. The first-order valence-corrected chi connectivity index (χ1v) is 6.25. The van der Waals surface area contributed by atoms with Gasteiger partial charge in [0.05, 0.1) is 0 Å². The minimum atomic E-state index is -1.46. The van der Waals surface area contributed by atoms with Crippen LogP contribution in [0.15, 0.2) is 18.5 Å². The molecule has 20 heavy (non-hydrogen) atoms. The summed E-state index contributed by atoms with van der Waals surface area (Å²) in [6.45, 7) is 2.57. The van der Waals surface area contributed by atoms with Crippen LogP contribution < -0.4 is 5.32 Å². The fourth-order valence-electron chi connectivity index (χ4n) is 2.06. The van der Waals surface area contributed by atoms with Gasteiger partial charge in [-0.05, 0) is 31.7 Å². The zero-order valence-corrected chi connectivity index (χ0v) is 11.2. The third kappa shape index (κ3) is 2.82. The molecular weight excluding hydrogens is 269 g/mol. The number of hydrogen-bond donors (Lipinski definition) is 1. The van der Waals surface area contributed by atoms with E-state index in [1.165, 1.54) is 6.33 Å². The van der Waals surface area contributed by atoms with E-state index in [0.717, 1.165) is 12.1 Å². The van der Waals surface area contributed by atoms with E-state index in [2.05, 4.69) is 15.4 Å². The van der Waals surface area contributed by atoms with Crippen LogP contribution in [0.1, 0.15) is 24.4 Å². The molecule has 0 aliphatic carbocycles. The zero-order chi connectivity index (χ0) is 14.7. The van der Waals surface area contributed by atoms with Gasteiger partial charge < -0.3 is 5.32 Å². The number of aryl methyl sites for hydroxylation is 1. The number of aromatic nitrogens is 3. The maximum Gasteiger partial charge on any atom is 0.194 e. The highest BCUT2D eigenvalue weighted by Crippen LogP contribution is 2.21. The molecule has 0 fully saturated rings. The molecule has 1 atom stereocenters. The monoisotopic (exact) mass is 284 g/mol. The summed E-state index contributed by atoms with van der Waals surface area (Å²) in [5.41, 5.74) is 0.328. The minimum Gasteiger partial charge on any atom is -0.313 e. The molecule has 1 aromatic carbocycles. The summed E-state index contributed by atoms with van der Waals surface area (Å²) in [4.78, 5) is 4.11. The Bertz CT molecular complexity index is 574. The maximum atomic E-state index is 13.3. The van der Waals surface area contributed by atoms with Crippen molar-refractivity contribution < 1.29 is 13.2 Å². The lowest BCUT2D eigenvalue weighted by molar-refractivity contribution is 0.439. The molecule has 108 valence electrons. The number of halogens is 3. The van der Waals surface area contributed by atoms with Gasteiger partial charge in [-0.2, -0.15) is 5.10 Å². The summed E-state index contributed by atoms with van der Waals surface area (Å²) in [7, 11) is 1.66. The fourth-order valence-corrected chi connectivity index (χ4v) is 2.06. The molecule has 1 unspecified atom stereocenters. The number of nitrogens with one attached hydrogen (secondary N) is 1. The summed E-state index contributed by atoms with van der Waals surface area (Å²) in [5.74, 6) is -3.16. The lowest BCUT2D eigenvalue weighted by Gasteiger charge is -2.17. The zero-order valence-electron chi connectivity index (χ0n) is 11.2. The van der Waals surface area contributed by atoms with Crippen molar-refractivity contribution in [2.45, 2.75) is 25.9 Å². The predicted octanol–water partition coefficient (Wildman–Crippen LogP) is 2.22. The number of likely N-dealkylation sites (N-methyl/N-ethyl adjacent to an activating group) is 1. The lowest BCUT2D eigenvalue weighted by Crippen LogP contribution is -2.21. The summed E-state index contributed by atoms with van der Waals surface area (Å²) < 4.78 is 41.2. The molecule has 1 N–H and O–H groups in total. The fraction of sp³-hybridized carbons (Fsp3) is 0.385. The molecular formula is C13H15F3N4. The molecule has 0 aliphatic rings. The van der Waals surface area contributed by atoms with Crippen molar-refractivity contribution in [2.24, 2.45) is 0 Å². The van der Waals surface area contributed by atoms with Gasteiger partial charge in [-0.15, -0.1) is 0 Å². The number of hydrogen-bond acceptors (Lipinski definition) is 3. The van der Waals surface area contributed by atoms with E-state index in [-0.39, 0.29) is 6.04 Å². The van der Waals surface area contributed by atoms with Crippen LogP contribution in [-0.2, 0) is 13.0 Å². The first-order chi connectivity index (χ1) is 9.56. The molecule has 0 radical (unpaired) electrons. The van der Waals surface area contributed by atoms with E-state index in [9.17, 15) is 13.2 Å². The molecule has 7 heteroatoms. The van der Waals surface area contributed by atoms with Gasteiger partial charge in [0.2, 0.25) is 0 Å².